The Balaban J connectivity index is 0. The fourth-order valence-corrected chi connectivity index (χ4v) is 2.10. The third-order valence-electron chi connectivity index (χ3n) is 3.25. The molecule has 0 rings (SSSR count). The van der Waals surface area contributed by atoms with Crippen molar-refractivity contribution in [3.8, 4) is 0 Å². The maximum atomic E-state index is 11.3. The summed E-state index contributed by atoms with van der Waals surface area (Å²) in [5.41, 5.74) is 1.09. The number of carbonyl (C=O) groups excluding carboxylic acids is 3. The van der Waals surface area contributed by atoms with E-state index in [0.717, 1.165) is 0 Å². The monoisotopic (exact) mass is 392 g/mol. The Kier molecular flexibility index (Phi) is 17.1. The largest absolute Gasteiger partial charge is 1.00 e. The summed E-state index contributed by atoms with van der Waals surface area (Å²) < 4.78 is 9.57. The van der Waals surface area contributed by atoms with E-state index < -0.39 is 23.9 Å². The number of unbranched alkanes of at least 4 members (excludes halogenated alkanes) is 1. The van der Waals surface area contributed by atoms with Crippen molar-refractivity contribution in [2.75, 3.05) is 19.8 Å². The average Bonchev–Trinajstić information content (AvgIpc) is 2.53. The number of allylic oxidation sites excluding steroid dienone is 2. The van der Waals surface area contributed by atoms with E-state index in [0.29, 0.717) is 43.8 Å². The standard InChI is InChI=1S/C18H30N2O6.Na/c1-5-25-16(21)11-13(3)19-10-8-7-9-15(18(23)24)20-14(4)12-17(22)26-6-2;/h11-12,15,19-20H,5-10H2,1-4H3,(H,23,24);/q;+1/p-1/t15-;/m0./s1. The first-order chi connectivity index (χ1) is 12.3. The molecule has 0 spiro atoms. The molecule has 0 aromatic carbocycles. The molecule has 0 fully saturated rings. The minimum atomic E-state index is -1.23. The smallest absolute Gasteiger partial charge is 0.548 e. The third kappa shape index (κ3) is 15.3. The van der Waals surface area contributed by atoms with E-state index in [1.54, 1.807) is 27.7 Å². The van der Waals surface area contributed by atoms with Gasteiger partial charge < -0.3 is 30.0 Å². The van der Waals surface area contributed by atoms with Gasteiger partial charge in [0, 0.05) is 30.1 Å². The van der Waals surface area contributed by atoms with Gasteiger partial charge in [-0.2, -0.15) is 0 Å². The van der Waals surface area contributed by atoms with Crippen LogP contribution in [0.3, 0.4) is 0 Å². The summed E-state index contributed by atoms with van der Waals surface area (Å²) in [4.78, 5) is 33.8. The van der Waals surface area contributed by atoms with E-state index in [1.807, 2.05) is 0 Å². The van der Waals surface area contributed by atoms with Crippen LogP contribution in [0.25, 0.3) is 0 Å². The van der Waals surface area contributed by atoms with Gasteiger partial charge in [-0.15, -0.1) is 0 Å². The fraction of sp³-hybridized carbons (Fsp3) is 0.611. The second-order valence-corrected chi connectivity index (χ2v) is 5.60. The van der Waals surface area contributed by atoms with Crippen molar-refractivity contribution < 1.29 is 58.5 Å². The molecule has 0 amide bonds. The maximum absolute atomic E-state index is 11.3. The molecule has 0 aromatic heterocycles. The van der Waals surface area contributed by atoms with E-state index in [2.05, 4.69) is 10.6 Å². The van der Waals surface area contributed by atoms with Gasteiger partial charge in [0.15, 0.2) is 0 Å². The Morgan fingerprint density at radius 2 is 1.48 bits per heavy atom. The van der Waals surface area contributed by atoms with Gasteiger partial charge in [-0.1, -0.05) is 0 Å². The van der Waals surface area contributed by atoms with Crippen LogP contribution in [0, 0.1) is 0 Å². The molecule has 0 saturated carbocycles. The van der Waals surface area contributed by atoms with Gasteiger partial charge in [-0.25, -0.2) is 9.59 Å². The summed E-state index contributed by atoms with van der Waals surface area (Å²) in [7, 11) is 0. The minimum absolute atomic E-state index is 0. The first-order valence-corrected chi connectivity index (χ1v) is 8.71. The second kappa shape index (κ2) is 16.6. The van der Waals surface area contributed by atoms with Gasteiger partial charge in [0.05, 0.1) is 25.2 Å². The van der Waals surface area contributed by atoms with Gasteiger partial charge in [-0.3, -0.25) is 0 Å². The number of rotatable bonds is 13. The molecule has 0 heterocycles. The van der Waals surface area contributed by atoms with Gasteiger partial charge >= 0.3 is 41.5 Å². The Bertz CT molecular complexity index is 534. The zero-order valence-corrected chi connectivity index (χ0v) is 18.9. The van der Waals surface area contributed by atoms with E-state index in [4.69, 9.17) is 9.47 Å². The van der Waals surface area contributed by atoms with Crippen molar-refractivity contribution in [3.63, 3.8) is 0 Å². The van der Waals surface area contributed by atoms with Crippen molar-refractivity contribution in [2.45, 2.75) is 53.0 Å². The summed E-state index contributed by atoms with van der Waals surface area (Å²) in [6, 6.07) is -0.892. The molecule has 0 aliphatic rings. The Hall–Kier alpha value is -1.51. The van der Waals surface area contributed by atoms with E-state index in [-0.39, 0.29) is 36.2 Å². The minimum Gasteiger partial charge on any atom is -0.548 e. The number of ether oxygens (including phenoxy) is 2. The number of hydrogen-bond acceptors (Lipinski definition) is 8. The predicted octanol–water partition coefficient (Wildman–Crippen LogP) is -2.61. The molecule has 0 unspecified atom stereocenters. The molecule has 8 nitrogen and oxygen atoms in total. The number of esters is 2. The zero-order valence-electron chi connectivity index (χ0n) is 16.9. The SMILES string of the molecule is CCOC(=O)C=C(C)NCCCC[C@H](NC(C)=CC(=O)OCC)C(=O)[O-].[Na+]. The van der Waals surface area contributed by atoms with Crippen molar-refractivity contribution in [2.24, 2.45) is 0 Å². The second-order valence-electron chi connectivity index (χ2n) is 5.60. The third-order valence-corrected chi connectivity index (χ3v) is 3.25. The van der Waals surface area contributed by atoms with E-state index in [9.17, 15) is 19.5 Å². The summed E-state index contributed by atoms with van der Waals surface area (Å²) in [6.45, 7) is 7.95. The summed E-state index contributed by atoms with van der Waals surface area (Å²) in [6.07, 6.45) is 4.26. The molecule has 9 heteroatoms. The predicted molar refractivity (Wildman–Crippen MR) is 94.6 cm³/mol. The Morgan fingerprint density at radius 1 is 0.963 bits per heavy atom. The van der Waals surface area contributed by atoms with Gasteiger partial charge in [-0.05, 0) is 47.0 Å². The number of hydrogen-bond donors (Lipinski definition) is 2. The number of aliphatic carboxylic acids is 1. The average molecular weight is 392 g/mol. The van der Waals surface area contributed by atoms with Gasteiger partial charge in [0.2, 0.25) is 0 Å². The van der Waals surface area contributed by atoms with Crippen LogP contribution >= 0.6 is 0 Å². The molecule has 2 N–H and O–H groups in total. The molecule has 0 aliphatic heterocycles. The van der Waals surface area contributed by atoms with Crippen LogP contribution < -0.4 is 45.3 Å². The Labute approximate surface area is 183 Å². The van der Waals surface area contributed by atoms with Crippen LogP contribution in [0.2, 0.25) is 0 Å². The van der Waals surface area contributed by atoms with Crippen molar-refractivity contribution in [3.05, 3.63) is 23.5 Å². The Morgan fingerprint density at radius 3 is 1.96 bits per heavy atom. The van der Waals surface area contributed by atoms with Crippen LogP contribution in [0.15, 0.2) is 23.5 Å². The van der Waals surface area contributed by atoms with Crippen LogP contribution in [-0.2, 0) is 23.9 Å². The molecule has 0 bridgehead atoms. The molecule has 0 aromatic rings. The summed E-state index contributed by atoms with van der Waals surface area (Å²) >= 11 is 0. The molecule has 148 valence electrons. The maximum Gasteiger partial charge on any atom is 1.00 e. The van der Waals surface area contributed by atoms with Gasteiger partial charge in [0.1, 0.15) is 0 Å². The normalized spacial score (nSPS) is 12.4. The first kappa shape index (κ1) is 27.7. The van der Waals surface area contributed by atoms with Crippen LogP contribution in [0.5, 0.6) is 0 Å². The molecular weight excluding hydrogens is 363 g/mol. The molecule has 27 heavy (non-hydrogen) atoms. The number of nitrogens with one attached hydrogen (secondary N) is 2. The zero-order chi connectivity index (χ0) is 19.9. The van der Waals surface area contributed by atoms with Crippen LogP contribution in [0.4, 0.5) is 0 Å². The van der Waals surface area contributed by atoms with Crippen molar-refractivity contribution >= 4 is 17.9 Å². The van der Waals surface area contributed by atoms with Crippen molar-refractivity contribution in [1.29, 1.82) is 0 Å². The molecule has 1 atom stereocenters. The topological polar surface area (TPSA) is 117 Å². The number of carbonyl (C=O) groups is 3. The number of carboxylic acid groups (broad SMARTS) is 1. The summed E-state index contributed by atoms with van der Waals surface area (Å²) in [5, 5.41) is 17.0. The van der Waals surface area contributed by atoms with Crippen LogP contribution in [-0.4, -0.2) is 43.7 Å². The summed E-state index contributed by atoms with van der Waals surface area (Å²) in [5.74, 6) is -2.15. The number of carboxylic acids is 1. The molecule has 0 radical (unpaired) electrons. The van der Waals surface area contributed by atoms with Gasteiger partial charge in [0.25, 0.3) is 0 Å². The molecule has 0 aliphatic carbocycles. The quantitative estimate of drug-likeness (QED) is 0.152. The molecular formula is C18H29N2NaO6. The molecule has 0 saturated heterocycles. The van der Waals surface area contributed by atoms with Crippen LogP contribution in [0.1, 0.15) is 47.0 Å². The first-order valence-electron chi connectivity index (χ1n) is 8.71. The van der Waals surface area contributed by atoms with E-state index in [1.165, 1.54) is 12.2 Å². The van der Waals surface area contributed by atoms with Crippen molar-refractivity contribution in [1.82, 2.24) is 10.6 Å². The fourth-order valence-electron chi connectivity index (χ4n) is 2.10. The van der Waals surface area contributed by atoms with E-state index >= 15 is 0 Å².